The Morgan fingerprint density at radius 2 is 2.27 bits per heavy atom. The van der Waals surface area contributed by atoms with Gasteiger partial charge in [-0.2, -0.15) is 10.1 Å². The minimum absolute atomic E-state index is 0.308. The number of anilines is 2. The Morgan fingerprint density at radius 1 is 1.41 bits per heavy atom. The van der Waals surface area contributed by atoms with Gasteiger partial charge in [0.1, 0.15) is 5.82 Å². The van der Waals surface area contributed by atoms with Crippen molar-refractivity contribution in [2.75, 3.05) is 30.8 Å². The molecule has 0 saturated carbocycles. The Labute approximate surface area is 129 Å². The first kappa shape index (κ1) is 14.8. The van der Waals surface area contributed by atoms with Crippen molar-refractivity contribution in [1.82, 2.24) is 20.2 Å². The summed E-state index contributed by atoms with van der Waals surface area (Å²) in [5, 5.41) is 10.5. The van der Waals surface area contributed by atoms with Crippen molar-refractivity contribution in [2.45, 2.75) is 32.6 Å². The van der Waals surface area contributed by atoms with Crippen molar-refractivity contribution in [3.8, 4) is 0 Å². The fourth-order valence-corrected chi connectivity index (χ4v) is 2.81. The van der Waals surface area contributed by atoms with Crippen molar-refractivity contribution < 1.29 is 4.74 Å². The van der Waals surface area contributed by atoms with Crippen molar-refractivity contribution >= 4 is 11.8 Å². The molecule has 2 aromatic rings. The zero-order chi connectivity index (χ0) is 15.5. The number of hydrogen-bond donors (Lipinski definition) is 3. The smallest absolute Gasteiger partial charge is 0.222 e. The Morgan fingerprint density at radius 3 is 2.95 bits per heavy atom. The minimum atomic E-state index is 0.308. The van der Waals surface area contributed by atoms with Gasteiger partial charge in [0, 0.05) is 30.8 Å². The van der Waals surface area contributed by atoms with Gasteiger partial charge in [-0.1, -0.05) is 0 Å². The zero-order valence-corrected chi connectivity index (χ0v) is 13.0. The fraction of sp³-hybridized carbons (Fsp3) is 0.533. The van der Waals surface area contributed by atoms with Gasteiger partial charge in [0.2, 0.25) is 5.95 Å². The van der Waals surface area contributed by atoms with Crippen LogP contribution >= 0.6 is 0 Å². The maximum atomic E-state index is 5.82. The molecule has 7 heteroatoms. The number of H-pyrrole nitrogens is 1. The molecule has 118 valence electrons. The first-order valence-corrected chi connectivity index (χ1v) is 7.60. The molecule has 0 aliphatic carbocycles. The molecule has 1 fully saturated rings. The number of nitrogen functional groups attached to an aromatic ring is 1. The average Bonchev–Trinajstić information content (AvgIpc) is 3.12. The normalized spacial score (nSPS) is 17.8. The van der Waals surface area contributed by atoms with Gasteiger partial charge in [0.25, 0.3) is 0 Å². The van der Waals surface area contributed by atoms with Gasteiger partial charge >= 0.3 is 0 Å². The number of nitrogens with one attached hydrogen (secondary N) is 2. The molecule has 22 heavy (non-hydrogen) atoms. The highest BCUT2D eigenvalue weighted by Gasteiger charge is 2.20. The second-order valence-corrected chi connectivity index (χ2v) is 5.69. The number of aryl methyl sites for hydroxylation is 2. The first-order valence-electron chi connectivity index (χ1n) is 7.60. The summed E-state index contributed by atoms with van der Waals surface area (Å²) in [5.41, 5.74) is 10.2. The maximum absolute atomic E-state index is 5.82. The molecule has 0 amide bonds. The number of aromatic amines is 1. The maximum Gasteiger partial charge on any atom is 0.222 e. The monoisotopic (exact) mass is 302 g/mol. The summed E-state index contributed by atoms with van der Waals surface area (Å²) >= 11 is 0. The molecule has 0 bridgehead atoms. The van der Waals surface area contributed by atoms with Gasteiger partial charge in [-0.3, -0.25) is 5.10 Å². The van der Waals surface area contributed by atoms with Gasteiger partial charge in [0.15, 0.2) is 0 Å². The second kappa shape index (κ2) is 6.31. The highest BCUT2D eigenvalue weighted by Crippen LogP contribution is 2.25. The van der Waals surface area contributed by atoms with E-state index in [1.54, 1.807) is 0 Å². The Kier molecular flexibility index (Phi) is 4.24. The van der Waals surface area contributed by atoms with E-state index in [1.807, 2.05) is 19.9 Å². The molecule has 1 aliphatic heterocycles. The van der Waals surface area contributed by atoms with Crippen LogP contribution in [0.15, 0.2) is 6.07 Å². The molecule has 1 saturated heterocycles. The standard InChI is InChI=1S/C15H22N6O/c1-9-12(10(2)21-20-9)3-5-17-14-7-13(18-15(16)19-14)11-4-6-22-8-11/h7,11H,3-6,8H2,1-2H3,(H,20,21)(H3,16,17,18,19)/t11-/m0/s1. The third-order valence-electron chi connectivity index (χ3n) is 4.07. The molecule has 1 atom stereocenters. The van der Waals surface area contributed by atoms with Crippen LogP contribution < -0.4 is 11.1 Å². The molecule has 0 radical (unpaired) electrons. The molecular formula is C15H22N6O. The van der Waals surface area contributed by atoms with Crippen molar-refractivity contribution in [2.24, 2.45) is 0 Å². The van der Waals surface area contributed by atoms with E-state index >= 15 is 0 Å². The van der Waals surface area contributed by atoms with Gasteiger partial charge in [-0.25, -0.2) is 4.98 Å². The van der Waals surface area contributed by atoms with Crippen LogP contribution in [0.5, 0.6) is 0 Å². The van der Waals surface area contributed by atoms with E-state index in [0.29, 0.717) is 18.5 Å². The molecule has 0 aromatic carbocycles. The Hall–Kier alpha value is -2.15. The molecule has 0 spiro atoms. The molecule has 3 rings (SSSR count). The largest absolute Gasteiger partial charge is 0.381 e. The molecule has 1 aliphatic rings. The lowest BCUT2D eigenvalue weighted by Gasteiger charge is -2.11. The first-order chi connectivity index (χ1) is 10.6. The van der Waals surface area contributed by atoms with E-state index < -0.39 is 0 Å². The number of aromatic nitrogens is 4. The van der Waals surface area contributed by atoms with Gasteiger partial charge in [0.05, 0.1) is 18.0 Å². The third kappa shape index (κ3) is 3.19. The quantitative estimate of drug-likeness (QED) is 0.774. The SMILES string of the molecule is Cc1n[nH]c(C)c1CCNc1cc([C@H]2CCOC2)nc(N)n1. The topological polar surface area (TPSA) is 102 Å². The van der Waals surface area contributed by atoms with Crippen molar-refractivity contribution in [3.63, 3.8) is 0 Å². The van der Waals surface area contributed by atoms with Crippen molar-refractivity contribution in [1.29, 1.82) is 0 Å². The summed E-state index contributed by atoms with van der Waals surface area (Å²) in [7, 11) is 0. The molecule has 7 nitrogen and oxygen atoms in total. The Balaban J connectivity index is 1.65. The molecule has 3 heterocycles. The predicted octanol–water partition coefficient (Wildman–Crippen LogP) is 1.56. The highest BCUT2D eigenvalue weighted by atomic mass is 16.5. The van der Waals surface area contributed by atoms with Crippen LogP contribution in [0.4, 0.5) is 11.8 Å². The number of ether oxygens (including phenoxy) is 1. The number of rotatable bonds is 5. The van der Waals surface area contributed by atoms with E-state index in [2.05, 4.69) is 25.5 Å². The van der Waals surface area contributed by atoms with Crippen LogP contribution in [0.25, 0.3) is 0 Å². The van der Waals surface area contributed by atoms with E-state index in [9.17, 15) is 0 Å². The number of nitrogens with two attached hydrogens (primary N) is 1. The van der Waals surface area contributed by atoms with E-state index in [-0.39, 0.29) is 0 Å². The van der Waals surface area contributed by atoms with Gasteiger partial charge in [-0.05, 0) is 32.3 Å². The van der Waals surface area contributed by atoms with Crippen LogP contribution in [-0.2, 0) is 11.2 Å². The molecular weight excluding hydrogens is 280 g/mol. The fourth-order valence-electron chi connectivity index (χ4n) is 2.81. The lowest BCUT2D eigenvalue weighted by Crippen LogP contribution is -2.11. The lowest BCUT2D eigenvalue weighted by atomic mass is 10.0. The third-order valence-corrected chi connectivity index (χ3v) is 4.07. The van der Waals surface area contributed by atoms with Crippen LogP contribution in [0.2, 0.25) is 0 Å². The van der Waals surface area contributed by atoms with E-state index in [4.69, 9.17) is 10.5 Å². The van der Waals surface area contributed by atoms with E-state index in [1.165, 1.54) is 5.56 Å². The van der Waals surface area contributed by atoms with Crippen LogP contribution in [-0.4, -0.2) is 39.9 Å². The molecule has 0 unspecified atom stereocenters. The van der Waals surface area contributed by atoms with Gasteiger partial charge < -0.3 is 15.8 Å². The second-order valence-electron chi connectivity index (χ2n) is 5.69. The Bertz CT molecular complexity index is 628. The lowest BCUT2D eigenvalue weighted by molar-refractivity contribution is 0.193. The summed E-state index contributed by atoms with van der Waals surface area (Å²) in [4.78, 5) is 8.59. The molecule has 4 N–H and O–H groups in total. The van der Waals surface area contributed by atoms with Crippen LogP contribution in [0.3, 0.4) is 0 Å². The van der Waals surface area contributed by atoms with Crippen LogP contribution in [0.1, 0.15) is 35.0 Å². The summed E-state index contributed by atoms with van der Waals surface area (Å²) in [6, 6.07) is 1.98. The molecule has 2 aromatic heterocycles. The van der Waals surface area contributed by atoms with Gasteiger partial charge in [-0.15, -0.1) is 0 Å². The summed E-state index contributed by atoms with van der Waals surface area (Å²) in [6.07, 6.45) is 1.88. The zero-order valence-electron chi connectivity index (χ0n) is 13.0. The van der Waals surface area contributed by atoms with Crippen molar-refractivity contribution in [3.05, 3.63) is 28.7 Å². The number of nitrogens with zero attached hydrogens (tertiary/aromatic N) is 3. The van der Waals surface area contributed by atoms with E-state index in [0.717, 1.165) is 48.9 Å². The summed E-state index contributed by atoms with van der Waals surface area (Å²) in [6.45, 7) is 6.33. The number of hydrogen-bond acceptors (Lipinski definition) is 6. The summed E-state index contributed by atoms with van der Waals surface area (Å²) < 4.78 is 5.42. The predicted molar refractivity (Wildman–Crippen MR) is 84.9 cm³/mol. The average molecular weight is 302 g/mol. The summed E-state index contributed by atoms with van der Waals surface area (Å²) in [5.74, 6) is 1.40. The highest BCUT2D eigenvalue weighted by molar-refractivity contribution is 5.42. The minimum Gasteiger partial charge on any atom is -0.381 e. The van der Waals surface area contributed by atoms with Crippen LogP contribution in [0, 0.1) is 13.8 Å².